The number of hydrogen-bond donors (Lipinski definition) is 2. The minimum Gasteiger partial charge on any atom is -0.384 e. The summed E-state index contributed by atoms with van der Waals surface area (Å²) >= 11 is 0. The second-order valence-corrected chi connectivity index (χ2v) is 3.88. The van der Waals surface area contributed by atoms with Gasteiger partial charge < -0.3 is 11.1 Å². The molecule has 1 heterocycles. The largest absolute Gasteiger partial charge is 0.384 e. The molecule has 5 heteroatoms. The van der Waals surface area contributed by atoms with E-state index in [0.29, 0.717) is 16.8 Å². The van der Waals surface area contributed by atoms with Crippen molar-refractivity contribution in [1.29, 1.82) is 0 Å². The Morgan fingerprint density at radius 3 is 2.78 bits per heavy atom. The summed E-state index contributed by atoms with van der Waals surface area (Å²) in [6, 6.07) is 7.21. The Labute approximate surface area is 104 Å². The van der Waals surface area contributed by atoms with E-state index < -0.39 is 0 Å². The summed E-state index contributed by atoms with van der Waals surface area (Å²) < 4.78 is 12.9. The number of nitrogens with zero attached hydrogens (tertiary/aromatic N) is 1. The molecule has 0 atom stereocenters. The number of aryl methyl sites for hydroxylation is 1. The number of anilines is 2. The summed E-state index contributed by atoms with van der Waals surface area (Å²) in [5, 5.41) is 2.69. The smallest absolute Gasteiger partial charge is 0.255 e. The summed E-state index contributed by atoms with van der Waals surface area (Å²) in [5.41, 5.74) is 7.13. The van der Waals surface area contributed by atoms with Gasteiger partial charge in [-0.15, -0.1) is 0 Å². The molecule has 0 spiro atoms. The Kier molecular flexibility index (Phi) is 3.23. The van der Waals surface area contributed by atoms with Crippen LogP contribution in [0.4, 0.5) is 15.9 Å². The van der Waals surface area contributed by atoms with Crippen LogP contribution in [-0.2, 0) is 0 Å². The molecule has 0 saturated heterocycles. The Balaban J connectivity index is 2.21. The second kappa shape index (κ2) is 4.83. The SMILES string of the molecule is Cc1cc(F)ccc1NC(=O)c1ccnc(N)c1. The fraction of sp³-hybridized carbons (Fsp3) is 0.0769. The van der Waals surface area contributed by atoms with Gasteiger partial charge in [0.25, 0.3) is 5.91 Å². The van der Waals surface area contributed by atoms with Gasteiger partial charge in [-0.1, -0.05) is 0 Å². The van der Waals surface area contributed by atoms with E-state index in [2.05, 4.69) is 10.3 Å². The third-order valence-electron chi connectivity index (χ3n) is 2.48. The number of carbonyl (C=O) groups excluding carboxylic acids is 1. The molecule has 92 valence electrons. The van der Waals surface area contributed by atoms with Crippen molar-refractivity contribution in [3.8, 4) is 0 Å². The van der Waals surface area contributed by atoms with Crippen LogP contribution >= 0.6 is 0 Å². The number of benzene rings is 1. The number of hydrogen-bond acceptors (Lipinski definition) is 3. The third-order valence-corrected chi connectivity index (χ3v) is 2.48. The van der Waals surface area contributed by atoms with Crippen molar-refractivity contribution in [3.05, 3.63) is 53.5 Å². The molecule has 0 bridgehead atoms. The minimum absolute atomic E-state index is 0.276. The molecule has 0 radical (unpaired) electrons. The second-order valence-electron chi connectivity index (χ2n) is 3.88. The molecule has 0 unspecified atom stereocenters. The van der Waals surface area contributed by atoms with E-state index in [1.165, 1.54) is 30.5 Å². The predicted octanol–water partition coefficient (Wildman–Crippen LogP) is 2.36. The van der Waals surface area contributed by atoms with Crippen LogP contribution in [0.1, 0.15) is 15.9 Å². The van der Waals surface area contributed by atoms with Crippen LogP contribution < -0.4 is 11.1 Å². The van der Waals surface area contributed by atoms with Gasteiger partial charge in [0.1, 0.15) is 11.6 Å². The molecule has 2 rings (SSSR count). The van der Waals surface area contributed by atoms with Gasteiger partial charge in [0.2, 0.25) is 0 Å². The fourth-order valence-electron chi connectivity index (χ4n) is 1.55. The number of carbonyl (C=O) groups is 1. The van der Waals surface area contributed by atoms with Crippen LogP contribution in [0.2, 0.25) is 0 Å². The van der Waals surface area contributed by atoms with Crippen molar-refractivity contribution in [3.63, 3.8) is 0 Å². The van der Waals surface area contributed by atoms with E-state index in [1.807, 2.05) is 0 Å². The quantitative estimate of drug-likeness (QED) is 0.853. The van der Waals surface area contributed by atoms with Crippen molar-refractivity contribution < 1.29 is 9.18 Å². The average Bonchev–Trinajstić information content (AvgIpc) is 2.32. The Bertz CT molecular complexity index is 599. The molecule has 0 aliphatic heterocycles. The number of nitrogen functional groups attached to an aromatic ring is 1. The van der Waals surface area contributed by atoms with Gasteiger partial charge in [-0.2, -0.15) is 0 Å². The number of nitrogens with one attached hydrogen (secondary N) is 1. The summed E-state index contributed by atoms with van der Waals surface area (Å²) in [5.74, 6) is -0.365. The van der Waals surface area contributed by atoms with Crippen LogP contribution in [0.15, 0.2) is 36.5 Å². The molecule has 1 amide bonds. The standard InChI is InChI=1S/C13H12FN3O/c1-8-6-10(14)2-3-11(8)17-13(18)9-4-5-16-12(15)7-9/h2-7H,1H3,(H2,15,16)(H,17,18). The highest BCUT2D eigenvalue weighted by molar-refractivity contribution is 6.04. The lowest BCUT2D eigenvalue weighted by molar-refractivity contribution is 0.102. The maximum absolute atomic E-state index is 12.9. The first-order chi connectivity index (χ1) is 8.56. The van der Waals surface area contributed by atoms with E-state index in [0.717, 1.165) is 0 Å². The first-order valence-corrected chi connectivity index (χ1v) is 5.35. The zero-order valence-electron chi connectivity index (χ0n) is 9.77. The summed E-state index contributed by atoms with van der Waals surface area (Å²) in [7, 11) is 0. The molecule has 3 N–H and O–H groups in total. The predicted molar refractivity (Wildman–Crippen MR) is 67.7 cm³/mol. The van der Waals surface area contributed by atoms with Crippen molar-refractivity contribution in [1.82, 2.24) is 4.98 Å². The van der Waals surface area contributed by atoms with Crippen molar-refractivity contribution in [2.45, 2.75) is 6.92 Å². The van der Waals surface area contributed by atoms with Gasteiger partial charge in [0.05, 0.1) is 0 Å². The van der Waals surface area contributed by atoms with Crippen LogP contribution in [0.5, 0.6) is 0 Å². The molecule has 1 aromatic carbocycles. The fourth-order valence-corrected chi connectivity index (χ4v) is 1.55. The van der Waals surface area contributed by atoms with Crippen LogP contribution in [0.25, 0.3) is 0 Å². The third kappa shape index (κ3) is 2.63. The highest BCUT2D eigenvalue weighted by atomic mass is 19.1. The molecule has 0 saturated carbocycles. The van der Waals surface area contributed by atoms with E-state index in [-0.39, 0.29) is 17.5 Å². The van der Waals surface area contributed by atoms with E-state index in [9.17, 15) is 9.18 Å². The molecule has 0 aliphatic rings. The molecule has 2 aromatic rings. The van der Waals surface area contributed by atoms with E-state index in [4.69, 9.17) is 5.73 Å². The lowest BCUT2D eigenvalue weighted by atomic mass is 10.2. The normalized spacial score (nSPS) is 10.1. The first-order valence-electron chi connectivity index (χ1n) is 5.35. The molecule has 0 aliphatic carbocycles. The number of halogens is 1. The van der Waals surface area contributed by atoms with Gasteiger partial charge in [0, 0.05) is 17.4 Å². The molecule has 1 aromatic heterocycles. The highest BCUT2D eigenvalue weighted by Gasteiger charge is 2.08. The molecular weight excluding hydrogens is 233 g/mol. The van der Waals surface area contributed by atoms with Crippen molar-refractivity contribution in [2.24, 2.45) is 0 Å². The number of pyridine rings is 1. The van der Waals surface area contributed by atoms with Crippen LogP contribution in [-0.4, -0.2) is 10.9 Å². The molecular formula is C13H12FN3O. The Morgan fingerprint density at radius 1 is 1.33 bits per heavy atom. The number of aromatic nitrogens is 1. The van der Waals surface area contributed by atoms with Gasteiger partial charge >= 0.3 is 0 Å². The average molecular weight is 245 g/mol. The topological polar surface area (TPSA) is 68.0 Å². The van der Waals surface area contributed by atoms with Crippen molar-refractivity contribution >= 4 is 17.4 Å². The van der Waals surface area contributed by atoms with Gasteiger partial charge in [-0.3, -0.25) is 4.79 Å². The Morgan fingerprint density at radius 2 is 2.11 bits per heavy atom. The lowest BCUT2D eigenvalue weighted by Crippen LogP contribution is -2.13. The zero-order chi connectivity index (χ0) is 13.1. The first kappa shape index (κ1) is 12.0. The zero-order valence-corrected chi connectivity index (χ0v) is 9.77. The molecule has 0 fully saturated rings. The summed E-state index contributed by atoms with van der Waals surface area (Å²) in [4.78, 5) is 15.7. The van der Waals surface area contributed by atoms with Crippen LogP contribution in [0.3, 0.4) is 0 Å². The lowest BCUT2D eigenvalue weighted by Gasteiger charge is -2.08. The summed E-state index contributed by atoms with van der Waals surface area (Å²) in [6.45, 7) is 1.72. The Hall–Kier alpha value is -2.43. The molecule has 4 nitrogen and oxygen atoms in total. The maximum Gasteiger partial charge on any atom is 0.255 e. The van der Waals surface area contributed by atoms with Crippen LogP contribution in [0, 0.1) is 12.7 Å². The van der Waals surface area contributed by atoms with E-state index >= 15 is 0 Å². The van der Waals surface area contributed by atoms with Gasteiger partial charge in [0.15, 0.2) is 0 Å². The van der Waals surface area contributed by atoms with Crippen molar-refractivity contribution in [2.75, 3.05) is 11.1 Å². The highest BCUT2D eigenvalue weighted by Crippen LogP contribution is 2.17. The number of rotatable bonds is 2. The van der Waals surface area contributed by atoms with Gasteiger partial charge in [-0.25, -0.2) is 9.37 Å². The monoisotopic (exact) mass is 245 g/mol. The molecule has 18 heavy (non-hydrogen) atoms. The van der Waals surface area contributed by atoms with E-state index in [1.54, 1.807) is 13.0 Å². The summed E-state index contributed by atoms with van der Waals surface area (Å²) in [6.07, 6.45) is 1.46. The van der Waals surface area contributed by atoms with Gasteiger partial charge in [-0.05, 0) is 42.8 Å². The maximum atomic E-state index is 12.9. The number of amides is 1. The number of nitrogens with two attached hydrogens (primary N) is 1. The minimum atomic E-state index is -0.335.